The lowest BCUT2D eigenvalue weighted by Gasteiger charge is -2.29. The maximum atomic E-state index is 7.10. The highest BCUT2D eigenvalue weighted by atomic mass is 32.1. The van der Waals surface area contributed by atoms with Gasteiger partial charge in [0.15, 0.2) is 0 Å². The summed E-state index contributed by atoms with van der Waals surface area (Å²) >= 11 is 1.86. The number of fused-ring (bicyclic) bond motifs is 7. The van der Waals surface area contributed by atoms with Crippen molar-refractivity contribution in [1.29, 1.82) is 0 Å². The second kappa shape index (κ2) is 14.5. The van der Waals surface area contributed by atoms with E-state index in [9.17, 15) is 0 Å². The maximum Gasteiger partial charge on any atom is 0.145 e. The van der Waals surface area contributed by atoms with E-state index >= 15 is 0 Å². The number of furan rings is 1. The molecule has 0 aliphatic rings. The van der Waals surface area contributed by atoms with Gasteiger partial charge in [0, 0.05) is 36.5 Å². The summed E-state index contributed by atoms with van der Waals surface area (Å²) in [7, 11) is 0. The molecule has 61 heavy (non-hydrogen) atoms. The quantitative estimate of drug-likeness (QED) is 0.160. The molecule has 12 aromatic rings. The molecular formula is C58H37NOS. The number of anilines is 3. The van der Waals surface area contributed by atoms with Gasteiger partial charge in [-0.05, 0) is 92.9 Å². The van der Waals surface area contributed by atoms with Crippen LogP contribution in [0.25, 0.3) is 97.4 Å². The van der Waals surface area contributed by atoms with Gasteiger partial charge in [-0.1, -0.05) is 176 Å². The number of hydrogen-bond donors (Lipinski definition) is 0. The molecule has 0 atom stereocenters. The predicted octanol–water partition coefficient (Wildman–Crippen LogP) is 17.2. The Morgan fingerprint density at radius 2 is 0.852 bits per heavy atom. The molecule has 0 amide bonds. The molecule has 0 aliphatic heterocycles. The Morgan fingerprint density at radius 1 is 0.311 bits per heavy atom. The Balaban J connectivity index is 1.18. The summed E-state index contributed by atoms with van der Waals surface area (Å²) in [6.07, 6.45) is 0. The van der Waals surface area contributed by atoms with E-state index in [0.29, 0.717) is 0 Å². The molecule has 0 saturated heterocycles. The molecule has 286 valence electrons. The van der Waals surface area contributed by atoms with Crippen molar-refractivity contribution < 1.29 is 4.42 Å². The molecule has 0 spiro atoms. The highest BCUT2D eigenvalue weighted by Crippen LogP contribution is 2.52. The van der Waals surface area contributed by atoms with Crippen molar-refractivity contribution in [2.75, 3.05) is 4.90 Å². The van der Waals surface area contributed by atoms with E-state index in [1.54, 1.807) is 0 Å². The third-order valence-electron chi connectivity index (χ3n) is 12.1. The Labute approximate surface area is 357 Å². The normalized spacial score (nSPS) is 11.6. The average Bonchev–Trinajstić information content (AvgIpc) is 3.91. The van der Waals surface area contributed by atoms with Gasteiger partial charge in [-0.25, -0.2) is 0 Å². The maximum absolute atomic E-state index is 7.10. The lowest BCUT2D eigenvalue weighted by atomic mass is 9.95. The Morgan fingerprint density at radius 3 is 1.54 bits per heavy atom. The van der Waals surface area contributed by atoms with Crippen molar-refractivity contribution in [3.63, 3.8) is 0 Å². The van der Waals surface area contributed by atoms with Crippen LogP contribution in [0.5, 0.6) is 0 Å². The topological polar surface area (TPSA) is 16.4 Å². The molecule has 0 fully saturated rings. The third-order valence-corrected chi connectivity index (χ3v) is 13.2. The van der Waals surface area contributed by atoms with E-state index in [4.69, 9.17) is 4.42 Å². The van der Waals surface area contributed by atoms with Crippen LogP contribution in [0.2, 0.25) is 0 Å². The second-order valence-corrected chi connectivity index (χ2v) is 16.7. The number of thiophene rings is 1. The molecule has 2 nitrogen and oxygen atoms in total. The number of rotatable bonds is 7. The van der Waals surface area contributed by atoms with Crippen molar-refractivity contribution >= 4 is 81.3 Å². The standard InChI is InChI=1S/C58H37NOS/c1-5-16-38(17-6-1)42-28-30-48-53(36-42)60-58-45(41-22-11-4-12-23-41)33-35-52(57(48)58)59(50-34-32-44(40-20-9-3-10-21-40)46-24-13-14-25-47(46)50)51-26-15-27-54-56(51)49-31-29-43(37-55(49)61-54)39-18-7-2-8-19-39/h1-37H. The predicted molar refractivity (Wildman–Crippen MR) is 261 cm³/mol. The molecule has 0 bridgehead atoms. The fraction of sp³-hybridized carbons (Fsp3) is 0. The molecule has 0 radical (unpaired) electrons. The number of nitrogens with zero attached hydrogens (tertiary/aromatic N) is 1. The number of hydrogen-bond acceptors (Lipinski definition) is 3. The monoisotopic (exact) mass is 795 g/mol. The molecular weight excluding hydrogens is 759 g/mol. The van der Waals surface area contributed by atoms with Crippen LogP contribution in [0.3, 0.4) is 0 Å². The Bertz CT molecular complexity index is 3570. The van der Waals surface area contributed by atoms with Crippen molar-refractivity contribution in [1.82, 2.24) is 0 Å². The Hall–Kier alpha value is -7.72. The van der Waals surface area contributed by atoms with Crippen molar-refractivity contribution in [2.45, 2.75) is 0 Å². The van der Waals surface area contributed by atoms with Crippen LogP contribution >= 0.6 is 11.3 Å². The highest BCUT2D eigenvalue weighted by molar-refractivity contribution is 7.26. The Kier molecular flexibility index (Phi) is 8.39. The zero-order valence-electron chi connectivity index (χ0n) is 33.1. The first-order valence-corrected chi connectivity index (χ1v) is 21.6. The fourth-order valence-corrected chi connectivity index (χ4v) is 10.4. The van der Waals surface area contributed by atoms with Crippen LogP contribution < -0.4 is 4.90 Å². The van der Waals surface area contributed by atoms with Crippen LogP contribution in [0, 0.1) is 0 Å². The summed E-state index contributed by atoms with van der Waals surface area (Å²) in [6.45, 7) is 0. The largest absolute Gasteiger partial charge is 0.455 e. The molecule has 0 N–H and O–H groups in total. The van der Waals surface area contributed by atoms with Gasteiger partial charge in [-0.15, -0.1) is 11.3 Å². The molecule has 0 saturated carbocycles. The minimum Gasteiger partial charge on any atom is -0.455 e. The summed E-state index contributed by atoms with van der Waals surface area (Å²) in [5, 5.41) is 7.01. The molecule has 2 aromatic heterocycles. The van der Waals surface area contributed by atoms with E-state index < -0.39 is 0 Å². The van der Waals surface area contributed by atoms with Crippen LogP contribution in [-0.2, 0) is 0 Å². The van der Waals surface area contributed by atoms with Gasteiger partial charge >= 0.3 is 0 Å². The summed E-state index contributed by atoms with van der Waals surface area (Å²) in [5.74, 6) is 0. The minimum absolute atomic E-state index is 0.859. The van der Waals surface area contributed by atoms with Crippen molar-refractivity contribution in [3.05, 3.63) is 224 Å². The summed E-state index contributed by atoms with van der Waals surface area (Å²) in [4.78, 5) is 2.51. The second-order valence-electron chi connectivity index (χ2n) is 15.6. The first-order valence-electron chi connectivity index (χ1n) is 20.7. The van der Waals surface area contributed by atoms with Gasteiger partial charge in [0.1, 0.15) is 11.2 Å². The lowest BCUT2D eigenvalue weighted by Crippen LogP contribution is -2.11. The van der Waals surface area contributed by atoms with E-state index in [0.717, 1.165) is 61.3 Å². The third kappa shape index (κ3) is 5.93. The molecule has 12 rings (SSSR count). The first-order chi connectivity index (χ1) is 30.3. The van der Waals surface area contributed by atoms with Crippen LogP contribution in [0.15, 0.2) is 229 Å². The zero-order valence-corrected chi connectivity index (χ0v) is 33.9. The molecule has 0 aliphatic carbocycles. The summed E-state index contributed by atoms with van der Waals surface area (Å²) in [5.41, 5.74) is 14.3. The van der Waals surface area contributed by atoms with Gasteiger partial charge in [0.25, 0.3) is 0 Å². The SMILES string of the molecule is c1ccc(-c2ccc3c(c2)oc2c(-c4ccccc4)ccc(N(c4ccc(-c5ccccc5)c5ccccc45)c4cccc5sc6cc(-c7ccccc7)ccc6c45)c23)cc1. The zero-order chi connectivity index (χ0) is 40.3. The molecule has 10 aromatic carbocycles. The van der Waals surface area contributed by atoms with Gasteiger partial charge in [-0.2, -0.15) is 0 Å². The van der Waals surface area contributed by atoms with Crippen LogP contribution in [0.4, 0.5) is 17.1 Å². The van der Waals surface area contributed by atoms with E-state index in [-0.39, 0.29) is 0 Å². The summed E-state index contributed by atoms with van der Waals surface area (Å²) < 4.78 is 9.61. The van der Waals surface area contributed by atoms with Gasteiger partial charge in [0.05, 0.1) is 22.4 Å². The van der Waals surface area contributed by atoms with E-state index in [1.807, 2.05) is 11.3 Å². The van der Waals surface area contributed by atoms with E-state index in [1.165, 1.54) is 53.2 Å². The molecule has 0 unspecified atom stereocenters. The van der Waals surface area contributed by atoms with Crippen LogP contribution in [-0.4, -0.2) is 0 Å². The fourth-order valence-electron chi connectivity index (χ4n) is 9.24. The first kappa shape index (κ1) is 35.2. The van der Waals surface area contributed by atoms with Crippen molar-refractivity contribution in [2.24, 2.45) is 0 Å². The molecule has 3 heteroatoms. The van der Waals surface area contributed by atoms with Gasteiger partial charge in [-0.3, -0.25) is 0 Å². The minimum atomic E-state index is 0.859. The van der Waals surface area contributed by atoms with Crippen molar-refractivity contribution in [3.8, 4) is 44.5 Å². The number of benzene rings is 10. The van der Waals surface area contributed by atoms with Crippen LogP contribution in [0.1, 0.15) is 0 Å². The van der Waals surface area contributed by atoms with Gasteiger partial charge < -0.3 is 9.32 Å². The van der Waals surface area contributed by atoms with Gasteiger partial charge in [0.2, 0.25) is 0 Å². The molecule has 2 heterocycles. The smallest absolute Gasteiger partial charge is 0.145 e. The summed E-state index contributed by atoms with van der Waals surface area (Å²) in [6, 6.07) is 81.0. The van der Waals surface area contributed by atoms with E-state index in [2.05, 4.69) is 229 Å². The average molecular weight is 796 g/mol. The lowest BCUT2D eigenvalue weighted by molar-refractivity contribution is 0.670. The highest BCUT2D eigenvalue weighted by Gasteiger charge is 2.26.